The van der Waals surface area contributed by atoms with Crippen LogP contribution in [0.1, 0.15) is 48.1 Å². The quantitative estimate of drug-likeness (QED) is 0.296. The van der Waals surface area contributed by atoms with Crippen molar-refractivity contribution in [2.75, 3.05) is 17.2 Å². The highest BCUT2D eigenvalue weighted by Gasteiger charge is 2.35. The Morgan fingerprint density at radius 1 is 1.06 bits per heavy atom. The molecule has 0 aliphatic carbocycles. The number of carbonyl (C=O) groups excluding carboxylic acids is 1. The van der Waals surface area contributed by atoms with Crippen LogP contribution >= 0.6 is 0 Å². The van der Waals surface area contributed by atoms with Gasteiger partial charge in [-0.15, -0.1) is 0 Å². The number of carboxylic acids is 1. The van der Waals surface area contributed by atoms with Crippen LogP contribution in [0.15, 0.2) is 58.1 Å². The van der Waals surface area contributed by atoms with Crippen molar-refractivity contribution in [3.05, 3.63) is 80.1 Å². The summed E-state index contributed by atoms with van der Waals surface area (Å²) >= 11 is 0. The zero-order chi connectivity index (χ0) is 24.4. The Hall–Kier alpha value is -4.14. The highest BCUT2D eigenvalue weighted by molar-refractivity contribution is 6.01. The van der Waals surface area contributed by atoms with Crippen LogP contribution < -0.4 is 21.5 Å². The maximum absolute atomic E-state index is 13.0. The minimum atomic E-state index is -1.09. The number of benzene rings is 2. The van der Waals surface area contributed by atoms with Crippen molar-refractivity contribution in [1.29, 1.82) is 0 Å². The molecule has 1 heterocycles. The standard InChI is InChI=1S/C25H25N3O6/c1-2-16(14-8-4-3-5-9-14)26-19-20(23(31)22(19)30)27-17-11-6-10-15(21(17)29)24(32)28-13-7-12-18(28)25(33)34/h3-6,8-11,16,18,26-27,29H,2,7,12-13H2,1H3,(H,33,34)/t16-,18-/m1/s1. The van der Waals surface area contributed by atoms with Crippen LogP contribution in [0.4, 0.5) is 17.1 Å². The van der Waals surface area contributed by atoms with E-state index < -0.39 is 34.5 Å². The molecule has 4 rings (SSSR count). The number of nitrogens with one attached hydrogen (secondary N) is 2. The molecule has 1 aliphatic rings. The molecule has 34 heavy (non-hydrogen) atoms. The number of aromatic hydroxyl groups is 1. The van der Waals surface area contributed by atoms with Crippen molar-refractivity contribution in [1.82, 2.24) is 4.90 Å². The Morgan fingerprint density at radius 2 is 1.76 bits per heavy atom. The van der Waals surface area contributed by atoms with E-state index in [2.05, 4.69) is 10.6 Å². The summed E-state index contributed by atoms with van der Waals surface area (Å²) in [7, 11) is 0. The number of rotatable bonds is 8. The summed E-state index contributed by atoms with van der Waals surface area (Å²) in [6, 6.07) is 12.7. The first-order chi connectivity index (χ1) is 16.3. The second-order valence-electron chi connectivity index (χ2n) is 8.25. The molecule has 0 radical (unpaired) electrons. The van der Waals surface area contributed by atoms with E-state index in [1.807, 2.05) is 37.3 Å². The van der Waals surface area contributed by atoms with Crippen LogP contribution in [0, 0.1) is 0 Å². The second kappa shape index (κ2) is 9.38. The van der Waals surface area contributed by atoms with Gasteiger partial charge in [0.15, 0.2) is 5.75 Å². The predicted molar refractivity (Wildman–Crippen MR) is 128 cm³/mol. The van der Waals surface area contributed by atoms with Crippen molar-refractivity contribution >= 4 is 28.9 Å². The van der Waals surface area contributed by atoms with E-state index in [0.29, 0.717) is 19.3 Å². The van der Waals surface area contributed by atoms with Gasteiger partial charge in [0.1, 0.15) is 17.4 Å². The first-order valence-corrected chi connectivity index (χ1v) is 11.1. The third-order valence-corrected chi connectivity index (χ3v) is 6.16. The van der Waals surface area contributed by atoms with Gasteiger partial charge in [-0.05, 0) is 37.0 Å². The molecule has 0 saturated carbocycles. The number of phenols is 1. The Kier molecular flexibility index (Phi) is 6.36. The van der Waals surface area contributed by atoms with Gasteiger partial charge in [-0.1, -0.05) is 43.3 Å². The number of hydrogen-bond acceptors (Lipinski definition) is 7. The molecule has 0 unspecified atom stereocenters. The number of anilines is 3. The van der Waals surface area contributed by atoms with Gasteiger partial charge >= 0.3 is 5.97 Å². The number of aliphatic carboxylic acids is 1. The van der Waals surface area contributed by atoms with Crippen molar-refractivity contribution in [3.63, 3.8) is 0 Å². The first kappa shape index (κ1) is 23.0. The van der Waals surface area contributed by atoms with E-state index in [1.54, 1.807) is 0 Å². The smallest absolute Gasteiger partial charge is 0.326 e. The van der Waals surface area contributed by atoms with Gasteiger partial charge in [-0.25, -0.2) is 4.79 Å². The van der Waals surface area contributed by atoms with Crippen molar-refractivity contribution in [3.8, 4) is 5.75 Å². The van der Waals surface area contributed by atoms with E-state index in [1.165, 1.54) is 23.1 Å². The van der Waals surface area contributed by atoms with Crippen LogP contribution in [-0.4, -0.2) is 39.6 Å². The van der Waals surface area contributed by atoms with Crippen molar-refractivity contribution < 1.29 is 19.8 Å². The van der Waals surface area contributed by atoms with Crippen LogP contribution in [0.3, 0.4) is 0 Å². The van der Waals surface area contributed by atoms with E-state index in [4.69, 9.17) is 0 Å². The van der Waals surface area contributed by atoms with E-state index in [0.717, 1.165) is 5.56 Å². The molecule has 1 aliphatic heterocycles. The van der Waals surface area contributed by atoms with Crippen molar-refractivity contribution in [2.24, 2.45) is 0 Å². The van der Waals surface area contributed by atoms with Gasteiger partial charge in [0.2, 0.25) is 0 Å². The third kappa shape index (κ3) is 4.12. The fourth-order valence-electron chi connectivity index (χ4n) is 4.30. The summed E-state index contributed by atoms with van der Waals surface area (Å²) in [6.45, 7) is 2.23. The normalized spacial score (nSPS) is 16.4. The molecule has 4 N–H and O–H groups in total. The number of amides is 1. The number of carboxylic acid groups (broad SMARTS) is 1. The van der Waals surface area contributed by atoms with Crippen LogP contribution in [-0.2, 0) is 4.79 Å². The van der Waals surface area contributed by atoms with Gasteiger partial charge < -0.3 is 25.7 Å². The number of para-hydroxylation sites is 1. The van der Waals surface area contributed by atoms with E-state index in [-0.39, 0.29) is 35.2 Å². The van der Waals surface area contributed by atoms with Gasteiger partial charge in [-0.3, -0.25) is 14.4 Å². The fourth-order valence-corrected chi connectivity index (χ4v) is 4.30. The van der Waals surface area contributed by atoms with Crippen LogP contribution in [0.5, 0.6) is 5.75 Å². The molecule has 176 valence electrons. The van der Waals surface area contributed by atoms with Gasteiger partial charge in [-0.2, -0.15) is 0 Å². The molecule has 9 nitrogen and oxygen atoms in total. The number of hydrogen-bond donors (Lipinski definition) is 4. The zero-order valence-corrected chi connectivity index (χ0v) is 18.6. The van der Waals surface area contributed by atoms with Gasteiger partial charge in [0, 0.05) is 6.54 Å². The molecule has 3 aromatic rings. The number of nitrogens with zero attached hydrogens (tertiary/aromatic N) is 1. The lowest BCUT2D eigenvalue weighted by Gasteiger charge is -2.23. The summed E-state index contributed by atoms with van der Waals surface area (Å²) < 4.78 is 0. The minimum absolute atomic E-state index is 0.00358. The number of phenolic OH excluding ortho intramolecular Hbond substituents is 1. The van der Waals surface area contributed by atoms with Crippen molar-refractivity contribution in [2.45, 2.75) is 38.3 Å². The highest BCUT2D eigenvalue weighted by Crippen LogP contribution is 2.34. The molecule has 1 amide bonds. The fraction of sp³-hybridized carbons (Fsp3) is 0.280. The Balaban J connectivity index is 1.59. The van der Waals surface area contributed by atoms with E-state index >= 15 is 0 Å². The molecule has 2 atom stereocenters. The lowest BCUT2D eigenvalue weighted by atomic mass is 10.0. The summed E-state index contributed by atoms with van der Waals surface area (Å²) in [5.74, 6) is -2.12. The molecule has 1 fully saturated rings. The average Bonchev–Trinajstić information content (AvgIpc) is 3.35. The largest absolute Gasteiger partial charge is 0.505 e. The monoisotopic (exact) mass is 463 g/mol. The lowest BCUT2D eigenvalue weighted by molar-refractivity contribution is -0.141. The highest BCUT2D eigenvalue weighted by atomic mass is 16.4. The maximum Gasteiger partial charge on any atom is 0.326 e. The van der Waals surface area contributed by atoms with Crippen LogP contribution in [0.2, 0.25) is 0 Å². The first-order valence-electron chi connectivity index (χ1n) is 11.1. The zero-order valence-electron chi connectivity index (χ0n) is 18.6. The summed E-state index contributed by atoms with van der Waals surface area (Å²) in [5, 5.41) is 26.0. The van der Waals surface area contributed by atoms with Crippen LogP contribution in [0.25, 0.3) is 0 Å². The second-order valence-corrected chi connectivity index (χ2v) is 8.25. The topological polar surface area (TPSA) is 136 Å². The molecule has 1 saturated heterocycles. The van der Waals surface area contributed by atoms with Gasteiger partial charge in [0.05, 0.1) is 17.3 Å². The Morgan fingerprint density at radius 3 is 2.44 bits per heavy atom. The van der Waals surface area contributed by atoms with E-state index in [9.17, 15) is 29.4 Å². The van der Waals surface area contributed by atoms with Gasteiger partial charge in [0.25, 0.3) is 16.8 Å². The minimum Gasteiger partial charge on any atom is -0.505 e. The molecular weight excluding hydrogens is 438 g/mol. The number of likely N-dealkylation sites (tertiary alicyclic amines) is 1. The lowest BCUT2D eigenvalue weighted by Crippen LogP contribution is -2.40. The predicted octanol–water partition coefficient (Wildman–Crippen LogP) is 2.98. The molecule has 0 spiro atoms. The molecular formula is C25H25N3O6. The maximum atomic E-state index is 13.0. The molecule has 0 aromatic heterocycles. The number of carbonyl (C=O) groups is 2. The SMILES string of the molecule is CC[C@@H](Nc1c(Nc2cccc(C(=O)N3CCC[C@@H]3C(=O)O)c2O)c(=O)c1=O)c1ccccc1. The Labute approximate surface area is 195 Å². The Bertz CT molecular complexity index is 1300. The average molecular weight is 463 g/mol. The molecule has 9 heteroatoms. The molecule has 3 aromatic carbocycles. The molecule has 0 bridgehead atoms. The third-order valence-electron chi connectivity index (χ3n) is 6.16. The summed E-state index contributed by atoms with van der Waals surface area (Å²) in [4.78, 5) is 50.2. The summed E-state index contributed by atoms with van der Waals surface area (Å²) in [6.07, 6.45) is 1.57. The summed E-state index contributed by atoms with van der Waals surface area (Å²) in [5.41, 5.74) is -0.330.